The summed E-state index contributed by atoms with van der Waals surface area (Å²) < 4.78 is 52.9. The van der Waals surface area contributed by atoms with Crippen molar-refractivity contribution in [3.8, 4) is 66.9 Å². The molecule has 15 aromatic rings. The summed E-state index contributed by atoms with van der Waals surface area (Å²) in [6, 6.07) is 96.6. The van der Waals surface area contributed by atoms with Crippen LogP contribution >= 0.6 is 11.3 Å². The summed E-state index contributed by atoms with van der Waals surface area (Å²) >= 11 is 1.73. The molecule has 0 aliphatic rings. The molecule has 14 nitrogen and oxygen atoms in total. The molecule has 0 amide bonds. The number of pyridine rings is 8. The van der Waals surface area contributed by atoms with E-state index in [-0.39, 0.29) is 154 Å². The third kappa shape index (κ3) is 37.1. The van der Waals surface area contributed by atoms with E-state index in [9.17, 15) is 27.2 Å². The summed E-state index contributed by atoms with van der Waals surface area (Å²) in [7, 11) is 0. The molecule has 2 atom stereocenters. The molecule has 0 saturated heterocycles. The van der Waals surface area contributed by atoms with Crippen molar-refractivity contribution in [3.63, 3.8) is 0 Å². The summed E-state index contributed by atoms with van der Waals surface area (Å²) in [5, 5.41) is 34.9. The number of aromatic nitrogens is 8. The van der Waals surface area contributed by atoms with Crippen LogP contribution in [-0.2, 0) is 120 Å². The van der Waals surface area contributed by atoms with Crippen molar-refractivity contribution < 1.29 is 167 Å². The fourth-order valence-electron chi connectivity index (χ4n) is 8.53. The van der Waals surface area contributed by atoms with Gasteiger partial charge in [0.25, 0.3) is 0 Å². The van der Waals surface area contributed by atoms with Gasteiger partial charge in [0, 0.05) is 198 Å². The van der Waals surface area contributed by atoms with Crippen molar-refractivity contribution in [2.45, 2.75) is 32.5 Å². The summed E-state index contributed by atoms with van der Waals surface area (Å²) in [6.07, 6.45) is 12.9. The van der Waals surface area contributed by atoms with Crippen molar-refractivity contribution in [3.05, 3.63) is 388 Å². The van der Waals surface area contributed by atoms with E-state index < -0.39 is 35.2 Å². The summed E-state index contributed by atoms with van der Waals surface area (Å²) in [4.78, 5) is 53.4. The standard InChI is InChI=1S/C13H8NS.2C11H6F2N.3C11H8N.2C6H5NO2.C5H12O2.3Pd.3Rh/c1-2-7-12-10(5-1)9-13(15-12)11-6-3-4-8-14-11;2*12-8-4-5-9(10(13)7-8)11-3-1-2-6-14-11;3*1-2-6-10(7-3-1)11-8-4-5-9-12-11;2*8-6(9)5-3-1-2-4-7-5;1-4(6)3-5(2)7;;;;;;/h1-8H;2*1-4,6-7H;3*1-6,8-9H;2*1-4H,(H,8,9);4-7H,3H2,1-2H3;;;;;;/q6*-1;;;;;;;;;. The molecule has 0 aliphatic heterocycles. The van der Waals surface area contributed by atoms with Crippen LogP contribution < -0.4 is 0 Å². The molecule has 0 spiro atoms. The monoisotopic (exact) mass is 2030 g/mol. The first-order valence-corrected chi connectivity index (χ1v) is 32.6. The number of aromatic carboxylic acids is 2. The summed E-state index contributed by atoms with van der Waals surface area (Å²) in [5.41, 5.74) is 8.46. The van der Waals surface area contributed by atoms with Crippen molar-refractivity contribution >= 4 is 33.4 Å². The van der Waals surface area contributed by atoms with Crippen LogP contribution in [0.5, 0.6) is 0 Å². The molecule has 15 rings (SSSR count). The number of rotatable bonds is 10. The number of nitrogens with zero attached hydrogens (tertiary/aromatic N) is 8. The fourth-order valence-corrected chi connectivity index (χ4v) is 9.51. The first-order valence-electron chi connectivity index (χ1n) is 31.8. The van der Waals surface area contributed by atoms with E-state index in [0.29, 0.717) is 17.8 Å². The van der Waals surface area contributed by atoms with Crippen LogP contribution in [0.4, 0.5) is 17.6 Å². The molecule has 0 aliphatic carbocycles. The molecule has 2 unspecified atom stereocenters. The van der Waals surface area contributed by atoms with Crippen molar-refractivity contribution in [1.29, 1.82) is 0 Å². The number of thiophene rings is 1. The Labute approximate surface area is 720 Å². The maximum Gasteiger partial charge on any atom is 0.354 e. The van der Waals surface area contributed by atoms with Crippen LogP contribution in [0.15, 0.2) is 316 Å². The maximum absolute atomic E-state index is 13.2. The fraction of sp³-hybridized carbons (Fsp3) is 0.0588. The predicted octanol–water partition coefficient (Wildman–Crippen LogP) is 18.7. The Morgan fingerprint density at radius 2 is 0.664 bits per heavy atom. The molecule has 9 heterocycles. The van der Waals surface area contributed by atoms with Crippen LogP contribution in [0.25, 0.3) is 76.9 Å². The van der Waals surface area contributed by atoms with Crippen LogP contribution in [0.1, 0.15) is 41.2 Å². The largest absolute Gasteiger partial charge is 0.477 e. The molecule has 110 heavy (non-hydrogen) atoms. The van der Waals surface area contributed by atoms with Crippen LogP contribution in [-0.4, -0.2) is 84.4 Å². The molecule has 9 aromatic heterocycles. The number of fused-ring (bicyclic) bond motifs is 1. The van der Waals surface area contributed by atoms with E-state index >= 15 is 0 Å². The number of carboxylic acids is 2. The van der Waals surface area contributed by atoms with Gasteiger partial charge in [-0.3, -0.25) is 17.6 Å². The normalized spacial score (nSPS) is 9.85. The van der Waals surface area contributed by atoms with E-state index in [2.05, 4.69) is 94.5 Å². The second kappa shape index (κ2) is 57.0. The maximum atomic E-state index is 13.2. The van der Waals surface area contributed by atoms with Gasteiger partial charge >= 0.3 is 11.9 Å². The first-order chi connectivity index (χ1) is 50.6. The second-order valence-corrected chi connectivity index (χ2v) is 22.3. The van der Waals surface area contributed by atoms with Crippen LogP contribution in [0.3, 0.4) is 0 Å². The van der Waals surface area contributed by atoms with E-state index in [0.717, 1.165) is 68.6 Å². The molecule has 3 radical (unpaired) electrons. The van der Waals surface area contributed by atoms with E-state index in [1.807, 2.05) is 158 Å². The topological polar surface area (TPSA) is 218 Å². The average molecular weight is 2030 g/mol. The number of aliphatic hydroxyl groups is 2. The molecule has 0 saturated carbocycles. The number of carbonyl (C=O) groups is 2. The van der Waals surface area contributed by atoms with Gasteiger partial charge in [0.05, 0.1) is 12.2 Å². The molecular formula is C85H66F4N8O6Pd3Rh3S-6. The van der Waals surface area contributed by atoms with E-state index in [1.165, 1.54) is 34.6 Å². The number of hydrogen-bond acceptors (Lipinski definition) is 13. The van der Waals surface area contributed by atoms with Crippen molar-refractivity contribution in [2.75, 3.05) is 0 Å². The molecule has 0 bridgehead atoms. The molecule has 579 valence electrons. The summed E-state index contributed by atoms with van der Waals surface area (Å²) in [6.45, 7) is 3.32. The third-order valence-electron chi connectivity index (χ3n) is 13.2. The Balaban J connectivity index is 0.000000619. The molecule has 0 fully saturated rings. The number of hydrogen-bond donors (Lipinski definition) is 4. The number of aliphatic hydroxyl groups excluding tert-OH is 2. The number of benzene rings is 6. The smallest absolute Gasteiger partial charge is 0.354 e. The zero-order valence-electron chi connectivity index (χ0n) is 57.9. The Kier molecular flexibility index (Phi) is 51.3. The van der Waals surface area contributed by atoms with Gasteiger partial charge in [-0.25, -0.2) is 30.9 Å². The van der Waals surface area contributed by atoms with Crippen molar-refractivity contribution in [1.82, 2.24) is 39.9 Å². The van der Waals surface area contributed by atoms with Gasteiger partial charge in [0.2, 0.25) is 0 Å². The number of halogens is 4. The van der Waals surface area contributed by atoms with E-state index in [4.69, 9.17) is 20.4 Å². The van der Waals surface area contributed by atoms with Gasteiger partial charge in [-0.15, -0.1) is 156 Å². The van der Waals surface area contributed by atoms with Crippen LogP contribution in [0.2, 0.25) is 0 Å². The Bertz CT molecular complexity index is 4430. The molecule has 25 heteroatoms. The first kappa shape index (κ1) is 98.9. The Hall–Kier alpha value is -9.08. The predicted molar refractivity (Wildman–Crippen MR) is 397 cm³/mol. The minimum atomic E-state index is -0.990. The van der Waals surface area contributed by atoms with Gasteiger partial charge < -0.3 is 50.3 Å². The molecule has 4 N–H and O–H groups in total. The Morgan fingerprint density at radius 1 is 0.373 bits per heavy atom. The van der Waals surface area contributed by atoms with Gasteiger partial charge in [0.15, 0.2) is 0 Å². The quantitative estimate of drug-likeness (QED) is 0.0569. The summed E-state index contributed by atoms with van der Waals surface area (Å²) in [5.74, 6) is -4.55. The number of carboxylic acid groups (broad SMARTS) is 2. The second-order valence-electron chi connectivity index (χ2n) is 21.2. The van der Waals surface area contributed by atoms with Gasteiger partial charge in [-0.05, 0) is 119 Å². The third-order valence-corrected chi connectivity index (χ3v) is 14.3. The van der Waals surface area contributed by atoms with E-state index in [1.54, 1.807) is 117 Å². The van der Waals surface area contributed by atoms with Gasteiger partial charge in [-0.2, -0.15) is 0 Å². The Morgan fingerprint density at radius 3 is 0.909 bits per heavy atom. The van der Waals surface area contributed by atoms with Crippen molar-refractivity contribution in [2.24, 2.45) is 0 Å². The SMILES string of the molecule is CC(O)CC(C)O.Fc1c[c-]c(-c2ccccn2)c(F)c1.Fc1c[c-]c(-c2ccccn2)c(F)c1.O=C(O)c1ccccn1.O=C(O)c1ccccn1.[Pd].[Pd].[Pd].[Rh].[Rh].[Rh].[c-]1c(-c2ccccn2)sc2ccccc12.[c-]1ccccc1-c1ccccn1.[c-]1ccccc1-c1ccccn1.[c-]1ccccc1-c1ccccn1. The van der Waals surface area contributed by atoms with Gasteiger partial charge in [-0.1, -0.05) is 120 Å². The zero-order valence-corrected chi connectivity index (χ0v) is 68.3. The minimum absolute atomic E-state index is 0. The molecule has 6 aromatic carbocycles. The van der Waals surface area contributed by atoms with Gasteiger partial charge in [0.1, 0.15) is 11.4 Å². The minimum Gasteiger partial charge on any atom is -0.477 e. The van der Waals surface area contributed by atoms with Crippen LogP contribution in [0, 0.1) is 59.7 Å². The average Bonchev–Trinajstić information content (AvgIpc) is 1.65. The molecular weight excluding hydrogens is 1970 g/mol. The zero-order chi connectivity index (χ0) is 73.9.